The molecule has 0 fully saturated rings. The first-order valence-corrected chi connectivity index (χ1v) is 9.97. The number of benzene rings is 3. The second-order valence-electron chi connectivity index (χ2n) is 6.49. The maximum atomic E-state index is 9.89. The number of hydrogen-bond donors (Lipinski definition) is 0. The fourth-order valence-electron chi connectivity index (χ4n) is 3.07. The molecular weight excluding hydrogens is 424 g/mol. The number of rotatable bonds is 5. The fraction of sp³-hybridized carbons (Fsp3) is 0.0400. The van der Waals surface area contributed by atoms with Crippen LogP contribution in [0, 0.1) is 11.3 Å². The van der Waals surface area contributed by atoms with Crippen LogP contribution in [0.4, 0.5) is 0 Å². The average Bonchev–Trinajstić information content (AvgIpc) is 2.79. The summed E-state index contributed by atoms with van der Waals surface area (Å²) in [5.74, 6) is 0.343. The van der Waals surface area contributed by atoms with Crippen molar-refractivity contribution in [3.8, 4) is 34.3 Å². The van der Waals surface area contributed by atoms with Crippen LogP contribution in [0.15, 0.2) is 95.5 Å². The predicted molar refractivity (Wildman–Crippen MR) is 118 cm³/mol. The number of halogens is 1. The van der Waals surface area contributed by atoms with E-state index in [9.17, 15) is 5.26 Å². The van der Waals surface area contributed by atoms with Crippen LogP contribution < -0.4 is 4.74 Å². The molecule has 1 aromatic heterocycles. The maximum absolute atomic E-state index is 9.89. The van der Waals surface area contributed by atoms with Crippen LogP contribution in [0.25, 0.3) is 22.4 Å². The number of ether oxygens (including phenoxy) is 1. The Labute approximate surface area is 178 Å². The van der Waals surface area contributed by atoms with E-state index < -0.39 is 0 Å². The SMILES string of the molecule is N#Cc1c(-c2ccc(Br)cc2)cc(-c2ccccc2)nc1OCc1ccccc1. The quantitative estimate of drug-likeness (QED) is 0.349. The van der Waals surface area contributed by atoms with Gasteiger partial charge in [-0.1, -0.05) is 88.7 Å². The van der Waals surface area contributed by atoms with Crippen LogP contribution in [-0.2, 0) is 6.61 Å². The van der Waals surface area contributed by atoms with Crippen molar-refractivity contribution in [3.63, 3.8) is 0 Å². The molecule has 0 saturated carbocycles. The molecule has 4 heteroatoms. The molecule has 29 heavy (non-hydrogen) atoms. The van der Waals surface area contributed by atoms with Crippen molar-refractivity contribution in [2.24, 2.45) is 0 Å². The lowest BCUT2D eigenvalue weighted by molar-refractivity contribution is 0.293. The third kappa shape index (κ3) is 4.37. The molecule has 0 N–H and O–H groups in total. The van der Waals surface area contributed by atoms with Crippen LogP contribution in [0.1, 0.15) is 11.1 Å². The smallest absolute Gasteiger partial charge is 0.233 e. The van der Waals surface area contributed by atoms with Crippen LogP contribution in [-0.4, -0.2) is 4.98 Å². The van der Waals surface area contributed by atoms with Crippen molar-refractivity contribution in [2.45, 2.75) is 6.61 Å². The van der Waals surface area contributed by atoms with Crippen molar-refractivity contribution in [2.75, 3.05) is 0 Å². The van der Waals surface area contributed by atoms with Gasteiger partial charge in [0.2, 0.25) is 5.88 Å². The van der Waals surface area contributed by atoms with Crippen LogP contribution in [0.5, 0.6) is 5.88 Å². The zero-order chi connectivity index (χ0) is 20.1. The molecule has 0 amide bonds. The highest BCUT2D eigenvalue weighted by Gasteiger charge is 2.16. The van der Waals surface area contributed by atoms with Crippen molar-refractivity contribution in [1.29, 1.82) is 5.26 Å². The van der Waals surface area contributed by atoms with Crippen molar-refractivity contribution in [3.05, 3.63) is 107 Å². The molecule has 4 rings (SSSR count). The molecule has 0 aliphatic heterocycles. The van der Waals surface area contributed by atoms with E-state index in [0.717, 1.165) is 32.4 Å². The van der Waals surface area contributed by atoms with E-state index in [4.69, 9.17) is 4.74 Å². The Morgan fingerprint density at radius 3 is 2.14 bits per heavy atom. The molecule has 3 aromatic carbocycles. The molecule has 3 nitrogen and oxygen atoms in total. The molecule has 0 aliphatic carbocycles. The summed E-state index contributed by atoms with van der Waals surface area (Å²) < 4.78 is 7.00. The van der Waals surface area contributed by atoms with Gasteiger partial charge in [-0.25, -0.2) is 4.98 Å². The first-order chi connectivity index (χ1) is 14.2. The topological polar surface area (TPSA) is 45.9 Å². The van der Waals surface area contributed by atoms with Gasteiger partial charge in [0.05, 0.1) is 5.69 Å². The van der Waals surface area contributed by atoms with Gasteiger partial charge in [0.15, 0.2) is 0 Å². The summed E-state index contributed by atoms with van der Waals surface area (Å²) >= 11 is 3.47. The molecule has 0 unspecified atom stereocenters. The second kappa shape index (κ2) is 8.72. The minimum Gasteiger partial charge on any atom is -0.472 e. The Morgan fingerprint density at radius 2 is 1.48 bits per heavy atom. The number of pyridine rings is 1. The number of hydrogen-bond acceptors (Lipinski definition) is 3. The van der Waals surface area contributed by atoms with E-state index in [2.05, 4.69) is 27.0 Å². The summed E-state index contributed by atoms with van der Waals surface area (Å²) in [7, 11) is 0. The monoisotopic (exact) mass is 440 g/mol. The van der Waals surface area contributed by atoms with Gasteiger partial charge in [0.25, 0.3) is 0 Å². The summed E-state index contributed by atoms with van der Waals surface area (Å²) in [4.78, 5) is 4.68. The molecule has 4 aromatic rings. The minimum atomic E-state index is 0.343. The standard InChI is InChI=1S/C25H17BrN2O/c26-21-13-11-19(12-14-21)22-15-24(20-9-5-2-6-10-20)28-25(23(22)16-27)29-17-18-7-3-1-4-8-18/h1-15H,17H2. The van der Waals surface area contributed by atoms with Gasteiger partial charge < -0.3 is 4.74 Å². The molecule has 0 atom stereocenters. The highest BCUT2D eigenvalue weighted by Crippen LogP contribution is 2.34. The zero-order valence-electron chi connectivity index (χ0n) is 15.5. The maximum Gasteiger partial charge on any atom is 0.233 e. The summed E-state index contributed by atoms with van der Waals surface area (Å²) in [6.45, 7) is 0.348. The molecule has 0 saturated heterocycles. The number of aromatic nitrogens is 1. The summed E-state index contributed by atoms with van der Waals surface area (Å²) in [6, 6.07) is 31.9. The third-order valence-corrected chi connectivity index (χ3v) is 5.07. The van der Waals surface area contributed by atoms with Gasteiger partial charge in [-0.2, -0.15) is 5.26 Å². The molecule has 0 spiro atoms. The van der Waals surface area contributed by atoms with E-state index in [-0.39, 0.29) is 0 Å². The molecule has 140 valence electrons. The lowest BCUT2D eigenvalue weighted by atomic mass is 9.99. The van der Waals surface area contributed by atoms with Crippen molar-refractivity contribution < 1.29 is 4.74 Å². The fourth-order valence-corrected chi connectivity index (χ4v) is 3.34. The Kier molecular flexibility index (Phi) is 5.69. The van der Waals surface area contributed by atoms with E-state index in [1.165, 1.54) is 0 Å². The minimum absolute atomic E-state index is 0.343. The summed E-state index contributed by atoms with van der Waals surface area (Å²) in [5.41, 5.74) is 4.94. The van der Waals surface area contributed by atoms with Crippen molar-refractivity contribution >= 4 is 15.9 Å². The van der Waals surface area contributed by atoms with Gasteiger partial charge in [-0.05, 0) is 29.3 Å². The van der Waals surface area contributed by atoms with Gasteiger partial charge in [-0.15, -0.1) is 0 Å². The number of nitrogens with zero attached hydrogens (tertiary/aromatic N) is 2. The van der Waals surface area contributed by atoms with E-state index in [0.29, 0.717) is 18.1 Å². The normalized spacial score (nSPS) is 10.3. The molecule has 0 bridgehead atoms. The Hall–Kier alpha value is -3.42. The van der Waals surface area contributed by atoms with E-state index in [1.807, 2.05) is 91.0 Å². The zero-order valence-corrected chi connectivity index (χ0v) is 17.1. The third-order valence-electron chi connectivity index (χ3n) is 4.54. The molecule has 0 aliphatic rings. The second-order valence-corrected chi connectivity index (χ2v) is 7.41. The van der Waals surface area contributed by atoms with Gasteiger partial charge in [0, 0.05) is 15.6 Å². The first-order valence-electron chi connectivity index (χ1n) is 9.18. The summed E-state index contributed by atoms with van der Waals surface area (Å²) in [6.07, 6.45) is 0. The Balaban J connectivity index is 1.82. The van der Waals surface area contributed by atoms with Gasteiger partial charge >= 0.3 is 0 Å². The molecule has 0 radical (unpaired) electrons. The number of nitriles is 1. The summed E-state index contributed by atoms with van der Waals surface area (Å²) in [5, 5.41) is 9.89. The Bertz CT molecular complexity index is 1150. The van der Waals surface area contributed by atoms with Crippen LogP contribution in [0.3, 0.4) is 0 Å². The molecule has 1 heterocycles. The lowest BCUT2D eigenvalue weighted by Gasteiger charge is -2.14. The first kappa shape index (κ1) is 18.9. The average molecular weight is 441 g/mol. The lowest BCUT2D eigenvalue weighted by Crippen LogP contribution is -2.02. The molecular formula is C25H17BrN2O. The largest absolute Gasteiger partial charge is 0.472 e. The highest BCUT2D eigenvalue weighted by molar-refractivity contribution is 9.10. The van der Waals surface area contributed by atoms with Crippen LogP contribution >= 0.6 is 15.9 Å². The Morgan fingerprint density at radius 1 is 0.828 bits per heavy atom. The highest BCUT2D eigenvalue weighted by atomic mass is 79.9. The van der Waals surface area contributed by atoms with Gasteiger partial charge in [-0.3, -0.25) is 0 Å². The predicted octanol–water partition coefficient (Wildman–Crippen LogP) is 6.63. The van der Waals surface area contributed by atoms with E-state index >= 15 is 0 Å². The van der Waals surface area contributed by atoms with Gasteiger partial charge in [0.1, 0.15) is 18.2 Å². The van der Waals surface area contributed by atoms with Crippen LogP contribution in [0.2, 0.25) is 0 Å². The van der Waals surface area contributed by atoms with Crippen molar-refractivity contribution in [1.82, 2.24) is 4.98 Å². The van der Waals surface area contributed by atoms with E-state index in [1.54, 1.807) is 0 Å².